The summed E-state index contributed by atoms with van der Waals surface area (Å²) in [6.07, 6.45) is 1.47. The number of amides is 2. The number of furan rings is 1. The summed E-state index contributed by atoms with van der Waals surface area (Å²) in [5, 5.41) is 10.8. The minimum Gasteiger partial charge on any atom is -0.456 e. The molecule has 1 aromatic carbocycles. The Morgan fingerprint density at radius 3 is 2.67 bits per heavy atom. The molecule has 0 aliphatic carbocycles. The predicted molar refractivity (Wildman–Crippen MR) is 89.1 cm³/mol. The minimum atomic E-state index is -0.482. The van der Waals surface area contributed by atoms with Gasteiger partial charge in [0, 0.05) is 18.7 Å². The lowest BCUT2D eigenvalue weighted by Gasteiger charge is -2.06. The van der Waals surface area contributed by atoms with Crippen molar-refractivity contribution in [3.8, 4) is 11.3 Å². The van der Waals surface area contributed by atoms with Crippen molar-refractivity contribution in [1.82, 2.24) is 4.90 Å². The number of para-hydroxylation sites is 1. The summed E-state index contributed by atoms with van der Waals surface area (Å²) in [6.45, 7) is 2.03. The molecule has 1 aromatic heterocycles. The Bertz CT molecular complexity index is 871. The Labute approximate surface area is 141 Å². The Kier molecular flexibility index (Phi) is 4.22. The summed E-state index contributed by atoms with van der Waals surface area (Å²) in [7, 11) is 0. The molecule has 1 aliphatic heterocycles. The molecule has 0 bridgehead atoms. The van der Waals surface area contributed by atoms with Gasteiger partial charge in [0.05, 0.1) is 15.4 Å². The van der Waals surface area contributed by atoms with Crippen molar-refractivity contribution in [2.45, 2.75) is 6.92 Å². The van der Waals surface area contributed by atoms with Gasteiger partial charge in [-0.2, -0.15) is 0 Å². The number of carbonyl (C=O) groups excluding carboxylic acids is 2. The number of hydrogen-bond acceptors (Lipinski definition) is 6. The molecule has 2 amide bonds. The fourth-order valence-corrected chi connectivity index (χ4v) is 3.20. The molecule has 1 aliphatic rings. The number of rotatable bonds is 4. The van der Waals surface area contributed by atoms with E-state index in [-0.39, 0.29) is 21.7 Å². The first-order valence-corrected chi connectivity index (χ1v) is 7.92. The number of nitro benzene ring substituents is 1. The molecule has 1 fully saturated rings. The third-order valence-corrected chi connectivity index (χ3v) is 4.36. The predicted octanol–water partition coefficient (Wildman–Crippen LogP) is 3.91. The lowest BCUT2D eigenvalue weighted by atomic mass is 10.1. The Morgan fingerprint density at radius 1 is 1.25 bits per heavy atom. The first kappa shape index (κ1) is 16.0. The van der Waals surface area contributed by atoms with Crippen LogP contribution >= 0.6 is 11.8 Å². The van der Waals surface area contributed by atoms with Crippen LogP contribution in [0.2, 0.25) is 0 Å². The molecular formula is C16H12N2O5S. The number of nitro groups is 1. The number of nitrogens with zero attached hydrogens (tertiary/aromatic N) is 2. The molecule has 2 heterocycles. The van der Waals surface area contributed by atoms with Crippen LogP contribution in [0.25, 0.3) is 17.4 Å². The highest BCUT2D eigenvalue weighted by atomic mass is 32.2. The smallest absolute Gasteiger partial charge is 0.293 e. The van der Waals surface area contributed by atoms with Crippen LogP contribution in [0, 0.1) is 10.1 Å². The molecule has 2 aromatic rings. The summed E-state index contributed by atoms with van der Waals surface area (Å²) in [6, 6.07) is 9.43. The van der Waals surface area contributed by atoms with E-state index in [4.69, 9.17) is 4.42 Å². The molecule has 24 heavy (non-hydrogen) atoms. The van der Waals surface area contributed by atoms with Crippen LogP contribution in [-0.4, -0.2) is 27.5 Å². The summed E-state index contributed by atoms with van der Waals surface area (Å²) in [4.78, 5) is 35.8. The van der Waals surface area contributed by atoms with Gasteiger partial charge in [-0.1, -0.05) is 12.1 Å². The van der Waals surface area contributed by atoms with E-state index < -0.39 is 4.92 Å². The monoisotopic (exact) mass is 344 g/mol. The third kappa shape index (κ3) is 2.83. The zero-order chi connectivity index (χ0) is 17.3. The van der Waals surface area contributed by atoms with Gasteiger partial charge < -0.3 is 4.42 Å². The van der Waals surface area contributed by atoms with Crippen LogP contribution in [0.3, 0.4) is 0 Å². The van der Waals surface area contributed by atoms with Gasteiger partial charge in [-0.05, 0) is 36.9 Å². The van der Waals surface area contributed by atoms with E-state index >= 15 is 0 Å². The van der Waals surface area contributed by atoms with E-state index in [2.05, 4.69) is 0 Å². The van der Waals surface area contributed by atoms with E-state index in [1.54, 1.807) is 37.3 Å². The van der Waals surface area contributed by atoms with E-state index in [1.165, 1.54) is 12.1 Å². The molecule has 0 atom stereocenters. The second kappa shape index (κ2) is 6.32. The topological polar surface area (TPSA) is 93.7 Å². The Hall–Kier alpha value is -2.87. The Balaban J connectivity index is 1.93. The molecule has 8 heteroatoms. The lowest BCUT2D eigenvalue weighted by molar-refractivity contribution is -0.384. The third-order valence-electron chi connectivity index (χ3n) is 3.46. The highest BCUT2D eigenvalue weighted by Crippen LogP contribution is 2.34. The highest BCUT2D eigenvalue weighted by Gasteiger charge is 2.34. The Morgan fingerprint density at radius 2 is 2.00 bits per heavy atom. The van der Waals surface area contributed by atoms with E-state index in [0.29, 0.717) is 23.6 Å². The van der Waals surface area contributed by atoms with Crippen molar-refractivity contribution in [1.29, 1.82) is 0 Å². The lowest BCUT2D eigenvalue weighted by Crippen LogP contribution is -2.27. The normalized spacial score (nSPS) is 16.2. The average molecular weight is 344 g/mol. The van der Waals surface area contributed by atoms with Crippen LogP contribution < -0.4 is 0 Å². The van der Waals surface area contributed by atoms with E-state index in [1.807, 2.05) is 0 Å². The van der Waals surface area contributed by atoms with Gasteiger partial charge in [0.15, 0.2) is 0 Å². The summed E-state index contributed by atoms with van der Waals surface area (Å²) in [5.41, 5.74) is 0.286. The number of likely N-dealkylation sites (N-methyl/N-ethyl adjacent to an activating group) is 1. The van der Waals surface area contributed by atoms with Crippen molar-refractivity contribution in [2.24, 2.45) is 0 Å². The van der Waals surface area contributed by atoms with Crippen LogP contribution in [0.15, 0.2) is 45.7 Å². The maximum Gasteiger partial charge on any atom is 0.293 e. The fourth-order valence-electron chi connectivity index (χ4n) is 2.32. The van der Waals surface area contributed by atoms with Gasteiger partial charge in [0.2, 0.25) is 0 Å². The molecule has 0 spiro atoms. The highest BCUT2D eigenvalue weighted by molar-refractivity contribution is 8.18. The zero-order valence-corrected chi connectivity index (χ0v) is 13.4. The molecule has 0 unspecified atom stereocenters. The standard InChI is InChI=1S/C16H12N2O5S/c1-2-17-15(19)14(24-16(17)20)9-10-7-8-13(23-10)11-5-3-4-6-12(11)18(21)22/h3-9H,2H2,1H3. The number of imide groups is 1. The molecule has 1 saturated heterocycles. The van der Waals surface area contributed by atoms with Crippen LogP contribution in [0.4, 0.5) is 10.5 Å². The van der Waals surface area contributed by atoms with Crippen molar-refractivity contribution in [3.63, 3.8) is 0 Å². The molecule has 122 valence electrons. The molecule has 3 rings (SSSR count). The molecule has 0 saturated carbocycles. The van der Waals surface area contributed by atoms with Gasteiger partial charge >= 0.3 is 0 Å². The summed E-state index contributed by atoms with van der Waals surface area (Å²) >= 11 is 0.845. The van der Waals surface area contributed by atoms with Crippen molar-refractivity contribution >= 4 is 34.7 Å². The quantitative estimate of drug-likeness (QED) is 0.474. The van der Waals surface area contributed by atoms with Crippen molar-refractivity contribution in [3.05, 3.63) is 57.2 Å². The van der Waals surface area contributed by atoms with Gasteiger partial charge in [0.1, 0.15) is 11.5 Å². The first-order valence-electron chi connectivity index (χ1n) is 7.10. The molecule has 7 nitrogen and oxygen atoms in total. The van der Waals surface area contributed by atoms with Crippen LogP contribution in [0.5, 0.6) is 0 Å². The minimum absolute atomic E-state index is 0.0651. The van der Waals surface area contributed by atoms with Gasteiger partial charge in [-0.15, -0.1) is 0 Å². The number of thioether (sulfide) groups is 1. The maximum atomic E-state index is 12.1. The van der Waals surface area contributed by atoms with Gasteiger partial charge in [-0.3, -0.25) is 24.6 Å². The van der Waals surface area contributed by atoms with Gasteiger partial charge in [0.25, 0.3) is 16.8 Å². The van der Waals surface area contributed by atoms with Crippen molar-refractivity contribution in [2.75, 3.05) is 6.54 Å². The molecular weight excluding hydrogens is 332 g/mol. The van der Waals surface area contributed by atoms with Gasteiger partial charge in [-0.25, -0.2) is 0 Å². The number of benzene rings is 1. The second-order valence-corrected chi connectivity index (χ2v) is 5.90. The van der Waals surface area contributed by atoms with Crippen LogP contribution in [0.1, 0.15) is 12.7 Å². The van der Waals surface area contributed by atoms with E-state index in [9.17, 15) is 19.7 Å². The fraction of sp³-hybridized carbons (Fsp3) is 0.125. The molecule has 0 N–H and O–H groups in total. The maximum absolute atomic E-state index is 12.1. The van der Waals surface area contributed by atoms with Crippen LogP contribution in [-0.2, 0) is 4.79 Å². The number of carbonyl (C=O) groups is 2. The zero-order valence-electron chi connectivity index (χ0n) is 12.6. The summed E-state index contributed by atoms with van der Waals surface area (Å²) < 4.78 is 5.60. The average Bonchev–Trinajstić information content (AvgIpc) is 3.13. The largest absolute Gasteiger partial charge is 0.456 e. The number of hydrogen-bond donors (Lipinski definition) is 0. The SMILES string of the molecule is CCN1C(=O)SC(=Cc2ccc(-c3ccccc3[N+](=O)[O-])o2)C1=O. The summed E-state index contributed by atoms with van der Waals surface area (Å²) in [5.74, 6) is 0.309. The second-order valence-electron chi connectivity index (χ2n) is 4.90. The first-order chi connectivity index (χ1) is 11.5. The van der Waals surface area contributed by atoms with Crippen molar-refractivity contribution < 1.29 is 18.9 Å². The van der Waals surface area contributed by atoms with E-state index in [0.717, 1.165) is 16.7 Å². The molecule has 0 radical (unpaired) electrons.